The maximum absolute atomic E-state index is 8.74. The van der Waals surface area contributed by atoms with Crippen molar-refractivity contribution in [1.82, 2.24) is 0 Å². The van der Waals surface area contributed by atoms with E-state index in [1.165, 1.54) is 25.7 Å². The minimum absolute atomic E-state index is 0.0300. The van der Waals surface area contributed by atoms with Gasteiger partial charge < -0.3 is 52.5 Å². The van der Waals surface area contributed by atoms with E-state index in [1.54, 1.807) is 0 Å². The lowest BCUT2D eigenvalue weighted by atomic mass is 10.0. The number of hydrogen-bond acceptors (Lipinski definition) is 13. The summed E-state index contributed by atoms with van der Waals surface area (Å²) in [5.74, 6) is 0.669. The van der Waals surface area contributed by atoms with Crippen LogP contribution in [0.1, 0.15) is 39.5 Å². The molecule has 1 unspecified atom stereocenters. The molecule has 1 atom stereocenters. The fourth-order valence-electron chi connectivity index (χ4n) is 3.19. The van der Waals surface area contributed by atoms with Gasteiger partial charge in [0.2, 0.25) is 0 Å². The van der Waals surface area contributed by atoms with Crippen molar-refractivity contribution in [3.8, 4) is 0 Å². The van der Waals surface area contributed by atoms with E-state index >= 15 is 0 Å². The number of ether oxygens (including phenoxy) is 10. The first-order valence-corrected chi connectivity index (χ1v) is 16.8. The third-order valence-corrected chi connectivity index (χ3v) is 5.48. The second-order valence-electron chi connectivity index (χ2n) is 9.17. The smallest absolute Gasteiger partial charge is 0.394 e. The Hall–Kier alpha value is -0.570. The van der Waals surface area contributed by atoms with Gasteiger partial charge in [0.1, 0.15) is 0 Å². The summed E-state index contributed by atoms with van der Waals surface area (Å²) in [7, 11) is -4.67. The highest BCUT2D eigenvalue weighted by atomic mass is 32.3. The SMILES string of the molecule is CCCCC(CC)COCCOCCOCCOCCOCCOCCOCCOCCOCCOCCO.O=S(=O)(O)O. The number of rotatable bonds is 35. The van der Waals surface area contributed by atoms with E-state index in [0.717, 1.165) is 6.61 Å². The Morgan fingerprint density at radius 1 is 0.477 bits per heavy atom. The second kappa shape index (κ2) is 38.6. The van der Waals surface area contributed by atoms with Crippen molar-refractivity contribution in [2.24, 2.45) is 5.92 Å². The maximum Gasteiger partial charge on any atom is 0.394 e. The van der Waals surface area contributed by atoms with Crippen LogP contribution in [0.25, 0.3) is 0 Å². The second-order valence-corrected chi connectivity index (χ2v) is 10.1. The standard InChI is InChI=1S/C28H58O11.H2O4S/c1-3-5-6-28(4-2)27-39-26-25-38-24-23-37-22-21-36-20-19-35-18-17-34-16-15-33-14-13-32-12-11-31-10-9-30-8-7-29;1-5(2,3)4/h28-29H,3-27H2,1-2H3;(H2,1,2,3,4). The van der Waals surface area contributed by atoms with E-state index in [-0.39, 0.29) is 6.61 Å². The van der Waals surface area contributed by atoms with Crippen LogP contribution in [0.15, 0.2) is 0 Å². The number of aliphatic hydroxyl groups is 1. The molecule has 0 saturated heterocycles. The quantitative estimate of drug-likeness (QED) is 0.0654. The molecule has 0 rings (SSSR count). The summed E-state index contributed by atoms with van der Waals surface area (Å²) in [6.45, 7) is 15.3. The lowest BCUT2D eigenvalue weighted by Gasteiger charge is -2.14. The summed E-state index contributed by atoms with van der Waals surface area (Å²) in [6.07, 6.45) is 4.95. The monoisotopic (exact) mass is 668 g/mol. The summed E-state index contributed by atoms with van der Waals surface area (Å²) >= 11 is 0. The fourth-order valence-corrected chi connectivity index (χ4v) is 3.19. The number of aliphatic hydroxyl groups excluding tert-OH is 1. The first-order valence-electron chi connectivity index (χ1n) is 15.4. The highest BCUT2D eigenvalue weighted by Gasteiger charge is 2.05. The normalized spacial score (nSPS) is 12.3. The van der Waals surface area contributed by atoms with Gasteiger partial charge in [-0.05, 0) is 12.3 Å². The summed E-state index contributed by atoms with van der Waals surface area (Å²) in [6, 6.07) is 0. The minimum atomic E-state index is -4.67. The molecule has 3 N–H and O–H groups in total. The van der Waals surface area contributed by atoms with Gasteiger partial charge in [0, 0.05) is 6.61 Å². The number of unbranched alkanes of at least 4 members (excludes halogenated alkanes) is 1. The van der Waals surface area contributed by atoms with Gasteiger partial charge in [0.05, 0.1) is 132 Å². The Balaban J connectivity index is 0. The Morgan fingerprint density at radius 2 is 0.727 bits per heavy atom. The van der Waals surface area contributed by atoms with Crippen molar-refractivity contribution in [1.29, 1.82) is 0 Å². The molecule has 0 amide bonds. The molecule has 0 bridgehead atoms. The van der Waals surface area contributed by atoms with Crippen LogP contribution in [0.3, 0.4) is 0 Å². The van der Waals surface area contributed by atoms with Crippen LogP contribution in [0.5, 0.6) is 0 Å². The van der Waals surface area contributed by atoms with Crippen molar-refractivity contribution in [2.45, 2.75) is 39.5 Å². The third-order valence-electron chi connectivity index (χ3n) is 5.48. The third kappa shape index (κ3) is 48.3. The molecule has 268 valence electrons. The zero-order valence-electron chi connectivity index (χ0n) is 26.9. The summed E-state index contributed by atoms with van der Waals surface area (Å²) in [5, 5.41) is 8.57. The predicted molar refractivity (Wildman–Crippen MR) is 163 cm³/mol. The van der Waals surface area contributed by atoms with Crippen molar-refractivity contribution in [3.05, 3.63) is 0 Å². The summed E-state index contributed by atoms with van der Waals surface area (Å²) < 4.78 is 86.0. The molecule has 0 saturated carbocycles. The van der Waals surface area contributed by atoms with Gasteiger partial charge in [-0.25, -0.2) is 0 Å². The zero-order chi connectivity index (χ0) is 32.8. The predicted octanol–water partition coefficient (Wildman–Crippen LogP) is 1.71. The highest BCUT2D eigenvalue weighted by Crippen LogP contribution is 2.12. The molecule has 0 heterocycles. The number of hydrogen-bond donors (Lipinski definition) is 3. The van der Waals surface area contributed by atoms with Crippen molar-refractivity contribution in [3.63, 3.8) is 0 Å². The van der Waals surface area contributed by atoms with E-state index in [0.29, 0.717) is 131 Å². The van der Waals surface area contributed by atoms with Crippen LogP contribution in [-0.2, 0) is 57.8 Å². The minimum Gasteiger partial charge on any atom is -0.394 e. The van der Waals surface area contributed by atoms with Crippen molar-refractivity contribution < 1.29 is 70.0 Å². The van der Waals surface area contributed by atoms with E-state index in [4.69, 9.17) is 70.0 Å². The lowest BCUT2D eigenvalue weighted by molar-refractivity contribution is -0.0273. The van der Waals surface area contributed by atoms with Gasteiger partial charge in [0.25, 0.3) is 0 Å². The zero-order valence-corrected chi connectivity index (χ0v) is 27.7. The van der Waals surface area contributed by atoms with Gasteiger partial charge in [-0.15, -0.1) is 0 Å². The van der Waals surface area contributed by atoms with E-state index < -0.39 is 10.4 Å². The van der Waals surface area contributed by atoms with Crippen LogP contribution >= 0.6 is 0 Å². The molecular formula is C28H60O15S. The topological polar surface area (TPSA) is 187 Å². The maximum atomic E-state index is 8.74. The molecule has 0 aromatic heterocycles. The Labute approximate surface area is 264 Å². The van der Waals surface area contributed by atoms with Crippen molar-refractivity contribution in [2.75, 3.05) is 139 Å². The van der Waals surface area contributed by atoms with Crippen LogP contribution in [0.2, 0.25) is 0 Å². The van der Waals surface area contributed by atoms with Gasteiger partial charge in [0.15, 0.2) is 0 Å². The molecule has 15 nitrogen and oxygen atoms in total. The lowest BCUT2D eigenvalue weighted by Crippen LogP contribution is -2.15. The highest BCUT2D eigenvalue weighted by molar-refractivity contribution is 7.79. The van der Waals surface area contributed by atoms with Gasteiger partial charge in [-0.1, -0.05) is 33.1 Å². The molecule has 16 heteroatoms. The summed E-state index contributed by atoms with van der Waals surface area (Å²) in [5.41, 5.74) is 0. The molecular weight excluding hydrogens is 608 g/mol. The average molecular weight is 669 g/mol. The van der Waals surface area contributed by atoms with Gasteiger partial charge in [-0.3, -0.25) is 9.11 Å². The molecule has 0 aliphatic heterocycles. The van der Waals surface area contributed by atoms with E-state index in [2.05, 4.69) is 13.8 Å². The van der Waals surface area contributed by atoms with Crippen LogP contribution in [0, 0.1) is 5.92 Å². The molecule has 44 heavy (non-hydrogen) atoms. The van der Waals surface area contributed by atoms with Gasteiger partial charge in [-0.2, -0.15) is 8.42 Å². The fraction of sp³-hybridized carbons (Fsp3) is 1.00. The average Bonchev–Trinajstić information content (AvgIpc) is 2.98. The van der Waals surface area contributed by atoms with E-state index in [9.17, 15) is 0 Å². The molecule has 0 aliphatic rings. The first kappa shape index (κ1) is 45.6. The van der Waals surface area contributed by atoms with E-state index in [1.807, 2.05) is 0 Å². The molecule has 0 spiro atoms. The van der Waals surface area contributed by atoms with Crippen LogP contribution in [0.4, 0.5) is 0 Å². The first-order chi connectivity index (χ1) is 21.3. The van der Waals surface area contributed by atoms with Crippen molar-refractivity contribution >= 4 is 10.4 Å². The Kier molecular flexibility index (Phi) is 40.0. The van der Waals surface area contributed by atoms with Crippen LogP contribution in [-0.4, -0.2) is 161 Å². The molecule has 0 aliphatic carbocycles. The largest absolute Gasteiger partial charge is 0.394 e. The molecule has 0 aromatic carbocycles. The Bertz CT molecular complexity index is 620. The molecule has 0 fully saturated rings. The molecule has 0 radical (unpaired) electrons. The van der Waals surface area contributed by atoms with Gasteiger partial charge >= 0.3 is 10.4 Å². The van der Waals surface area contributed by atoms with Crippen LogP contribution < -0.4 is 0 Å². The summed E-state index contributed by atoms with van der Waals surface area (Å²) in [4.78, 5) is 0. The Morgan fingerprint density at radius 3 is 0.955 bits per heavy atom. The molecule has 0 aromatic rings.